The van der Waals surface area contributed by atoms with Crippen molar-refractivity contribution < 1.29 is 52.8 Å². The fourth-order valence-corrected chi connectivity index (χ4v) is 10.7. The first-order valence-electron chi connectivity index (χ1n) is 28.0. The molecule has 0 spiro atoms. The Morgan fingerprint density at radius 2 is 1.40 bits per heavy atom. The number of carbonyl (C=O) groups excluding carboxylic acids is 6. The van der Waals surface area contributed by atoms with Gasteiger partial charge < -0.3 is 44.9 Å². The maximum Gasteiger partial charge on any atom is 0.329 e. The second-order valence-corrected chi connectivity index (χ2v) is 22.8. The minimum absolute atomic E-state index is 0.153. The van der Waals surface area contributed by atoms with Crippen molar-refractivity contribution in [3.8, 4) is 17.2 Å². The van der Waals surface area contributed by atoms with Gasteiger partial charge in [0.2, 0.25) is 23.5 Å². The number of rotatable bonds is 30. The number of ketones is 1. The Labute approximate surface area is 482 Å². The third-order valence-electron chi connectivity index (χ3n) is 14.5. The molecular weight excluding hydrogens is 1050 g/mol. The minimum atomic E-state index is -1.05. The van der Waals surface area contributed by atoms with Crippen molar-refractivity contribution in [2.75, 3.05) is 46.3 Å². The first-order chi connectivity index (χ1) is 38.9. The van der Waals surface area contributed by atoms with Gasteiger partial charge in [0.25, 0.3) is 5.91 Å². The molecule has 0 bridgehead atoms. The molecule has 1 saturated heterocycles. The number of aliphatic hydroxyl groups is 1. The number of amides is 4. The van der Waals surface area contributed by atoms with E-state index in [-0.39, 0.29) is 38.3 Å². The monoisotopic (exact) mass is 1130 g/mol. The summed E-state index contributed by atoms with van der Waals surface area (Å²) in [5.74, 6) is -1.23. The maximum absolute atomic E-state index is 14.5. The zero-order valence-corrected chi connectivity index (χ0v) is 48.9. The van der Waals surface area contributed by atoms with E-state index < -0.39 is 71.1 Å². The third kappa shape index (κ3) is 19.2. The highest BCUT2D eigenvalue weighted by Crippen LogP contribution is 2.33. The smallest absolute Gasteiger partial charge is 0.329 e. The van der Waals surface area contributed by atoms with Crippen molar-refractivity contribution in [2.24, 2.45) is 11.3 Å². The van der Waals surface area contributed by atoms with Crippen LogP contribution in [0.2, 0.25) is 0 Å². The molecule has 16 nitrogen and oxygen atoms in total. The van der Waals surface area contributed by atoms with Crippen molar-refractivity contribution in [1.29, 1.82) is 0 Å². The van der Waals surface area contributed by atoms with Crippen molar-refractivity contribution in [3.05, 3.63) is 150 Å². The Balaban J connectivity index is 1.15. The van der Waals surface area contributed by atoms with Crippen LogP contribution in [-0.4, -0.2) is 115 Å². The number of methoxy groups -OCH3 is 3. The van der Waals surface area contributed by atoms with Crippen molar-refractivity contribution >= 4 is 53.0 Å². The van der Waals surface area contributed by atoms with Gasteiger partial charge in [0.15, 0.2) is 11.5 Å². The number of aryl methyl sites for hydroxylation is 1. The highest BCUT2D eigenvalue weighted by Gasteiger charge is 2.41. The summed E-state index contributed by atoms with van der Waals surface area (Å²) in [7, 11) is 4.72. The molecule has 4 N–H and O–H groups in total. The van der Waals surface area contributed by atoms with E-state index in [0.717, 1.165) is 27.3 Å². The average Bonchev–Trinajstić information content (AvgIpc) is 3.57. The van der Waals surface area contributed by atoms with E-state index >= 15 is 0 Å². The summed E-state index contributed by atoms with van der Waals surface area (Å²) in [6, 6.07) is 36.4. The molecule has 5 aromatic rings. The molecule has 6 rings (SSSR count). The summed E-state index contributed by atoms with van der Waals surface area (Å²) in [5.41, 5.74) is 2.68. The zero-order chi connectivity index (χ0) is 58.5. The molecule has 0 saturated carbocycles. The van der Waals surface area contributed by atoms with Crippen molar-refractivity contribution in [3.63, 3.8) is 0 Å². The quantitative estimate of drug-likeness (QED) is 0.0193. The number of nitrogens with one attached hydrogen (secondary N) is 3. The van der Waals surface area contributed by atoms with E-state index in [1.165, 1.54) is 16.8 Å². The van der Waals surface area contributed by atoms with E-state index in [0.29, 0.717) is 74.2 Å². The molecule has 0 aliphatic carbocycles. The first kappa shape index (κ1) is 63.0. The van der Waals surface area contributed by atoms with Crippen LogP contribution in [0.4, 0.5) is 5.69 Å². The fraction of sp³-hybridized carbons (Fsp3) is 0.438. The van der Waals surface area contributed by atoms with Gasteiger partial charge in [0, 0.05) is 54.9 Å². The molecule has 4 amide bonds. The summed E-state index contributed by atoms with van der Waals surface area (Å²) in [6.45, 7) is 10.7. The van der Waals surface area contributed by atoms with E-state index in [2.05, 4.69) is 34.1 Å². The van der Waals surface area contributed by atoms with Gasteiger partial charge >= 0.3 is 5.97 Å². The molecule has 17 heteroatoms. The molecule has 434 valence electrons. The van der Waals surface area contributed by atoms with E-state index in [1.807, 2.05) is 104 Å². The maximum atomic E-state index is 14.5. The molecule has 1 heterocycles. The number of benzene rings is 5. The normalized spacial score (nSPS) is 15.0. The van der Waals surface area contributed by atoms with E-state index in [1.54, 1.807) is 65.5 Å². The van der Waals surface area contributed by atoms with E-state index in [9.17, 15) is 33.9 Å². The molecule has 1 aliphatic heterocycles. The van der Waals surface area contributed by atoms with Crippen LogP contribution in [0.5, 0.6) is 17.2 Å². The second-order valence-electron chi connectivity index (χ2n) is 21.6. The van der Waals surface area contributed by atoms with Gasteiger partial charge in [0.05, 0.1) is 33.5 Å². The number of hydrogen-bond donors (Lipinski definition) is 4. The van der Waals surface area contributed by atoms with Crippen LogP contribution >= 0.6 is 11.9 Å². The number of piperidine rings is 1. The number of anilines is 1. The standard InChI is InChI=1S/C64H81N5O11S/c1-9-64(4,5)60(73)62(75)69-36-17-16-25-53(69)63(76)80-55(32-26-46-27-33-56(78-7)57(39-46)79-8)47-23-18-24-48(40-47)65-58(71)34-35-59(72)66-52(38-45-21-14-11-15-22-45)61(74)67-51(37-44-19-12-10-13-20-44)54(70)42-68(41-43(2)3)81-50-30-28-49(77-6)29-31-50/h10-15,18-24,27-31,33,39-40,43,51-55,70H,9,16-17,25-26,32,34-38,41-42H2,1-8H3,(H,65,71)(H,66,72)(H,67,74)/t51-,52?,53?,54?,55?/m1/s1. The summed E-state index contributed by atoms with van der Waals surface area (Å²) in [6.07, 6.45) is 1.04. The molecular formula is C64H81N5O11S. The van der Waals surface area contributed by atoms with Gasteiger partial charge in [-0.15, -0.1) is 0 Å². The summed E-state index contributed by atoms with van der Waals surface area (Å²) in [4.78, 5) is 85.7. The lowest BCUT2D eigenvalue weighted by Gasteiger charge is -2.36. The third-order valence-corrected chi connectivity index (χ3v) is 15.6. The predicted octanol–water partition coefficient (Wildman–Crippen LogP) is 9.52. The number of esters is 1. The predicted molar refractivity (Wildman–Crippen MR) is 315 cm³/mol. The highest BCUT2D eigenvalue weighted by molar-refractivity contribution is 7.97. The van der Waals surface area contributed by atoms with E-state index in [4.69, 9.17) is 18.9 Å². The first-order valence-corrected chi connectivity index (χ1v) is 28.8. The largest absolute Gasteiger partial charge is 0.497 e. The summed E-state index contributed by atoms with van der Waals surface area (Å²) < 4.78 is 24.7. The van der Waals surface area contributed by atoms with Crippen LogP contribution in [0.1, 0.15) is 108 Å². The lowest BCUT2D eigenvalue weighted by Crippen LogP contribution is -2.55. The van der Waals surface area contributed by atoms with Crippen molar-refractivity contribution in [1.82, 2.24) is 19.8 Å². The van der Waals surface area contributed by atoms with Crippen LogP contribution in [0.15, 0.2) is 132 Å². The molecule has 0 aromatic heterocycles. The molecule has 1 fully saturated rings. The topological polar surface area (TPSA) is 202 Å². The van der Waals surface area contributed by atoms with Crippen LogP contribution in [0, 0.1) is 11.3 Å². The lowest BCUT2D eigenvalue weighted by atomic mass is 9.84. The van der Waals surface area contributed by atoms with Gasteiger partial charge in [-0.25, -0.2) is 9.10 Å². The Kier molecular flexibility index (Phi) is 24.2. The van der Waals surface area contributed by atoms with Crippen LogP contribution in [0.25, 0.3) is 0 Å². The van der Waals surface area contributed by atoms with Gasteiger partial charge in [0.1, 0.15) is 23.9 Å². The van der Waals surface area contributed by atoms with Gasteiger partial charge in [-0.1, -0.05) is 113 Å². The SMILES string of the molecule is CCC(C)(C)C(=O)C(=O)N1CCCCC1C(=O)OC(CCc1ccc(OC)c(OC)c1)c1cccc(NC(=O)CCC(=O)NC(Cc2ccccc2)C(=O)N[C@H](Cc2ccccc2)C(O)CN(CC(C)C)Sc2ccc(OC)cc2)c1. The fourth-order valence-electron chi connectivity index (χ4n) is 9.55. The number of carbonyl (C=O) groups is 6. The van der Waals surface area contributed by atoms with Gasteiger partial charge in [-0.3, -0.25) is 24.0 Å². The summed E-state index contributed by atoms with van der Waals surface area (Å²) >= 11 is 1.52. The summed E-state index contributed by atoms with van der Waals surface area (Å²) in [5, 5.41) is 20.9. The highest BCUT2D eigenvalue weighted by atomic mass is 32.2. The molecule has 5 aromatic carbocycles. The van der Waals surface area contributed by atoms with Gasteiger partial charge in [-0.2, -0.15) is 0 Å². The Bertz CT molecular complexity index is 2850. The van der Waals surface area contributed by atoms with Gasteiger partial charge in [-0.05, 0) is 134 Å². The minimum Gasteiger partial charge on any atom is -0.497 e. The zero-order valence-electron chi connectivity index (χ0n) is 48.1. The Hall–Kier alpha value is -7.21. The number of ether oxygens (including phenoxy) is 4. The van der Waals surface area contributed by atoms with Crippen LogP contribution in [-0.2, 0) is 52.8 Å². The Morgan fingerprint density at radius 3 is 2.04 bits per heavy atom. The lowest BCUT2D eigenvalue weighted by molar-refractivity contribution is -0.164. The number of aliphatic hydroxyl groups excluding tert-OH is 1. The number of nitrogens with zero attached hydrogens (tertiary/aromatic N) is 2. The molecule has 4 unspecified atom stereocenters. The van der Waals surface area contributed by atoms with Crippen LogP contribution < -0.4 is 30.2 Å². The average molecular weight is 1130 g/mol. The number of likely N-dealkylation sites (tertiary alicyclic amines) is 1. The van der Waals surface area contributed by atoms with Crippen molar-refractivity contribution in [2.45, 2.75) is 134 Å². The van der Waals surface area contributed by atoms with Crippen LogP contribution in [0.3, 0.4) is 0 Å². The number of Topliss-reactive ketones (excluding diaryl/α,β-unsaturated/α-hetero) is 1. The molecule has 5 atom stereocenters. The molecule has 81 heavy (non-hydrogen) atoms. The molecule has 0 radical (unpaired) electrons. The second kappa shape index (κ2) is 31.1. The number of hydrogen-bond acceptors (Lipinski definition) is 13. The Morgan fingerprint density at radius 1 is 0.728 bits per heavy atom. The molecule has 1 aliphatic rings.